The van der Waals surface area contributed by atoms with Crippen LogP contribution in [0.15, 0.2) is 42.5 Å². The minimum Gasteiger partial charge on any atom is -0.461 e. The molecule has 0 spiro atoms. The minimum atomic E-state index is -0.0727. The lowest BCUT2D eigenvalue weighted by atomic mass is 10.1. The second kappa shape index (κ2) is 17.8. The maximum absolute atomic E-state index is 11.7. The molecule has 1 aromatic rings. The van der Waals surface area contributed by atoms with Gasteiger partial charge in [0, 0.05) is 6.42 Å². The summed E-state index contributed by atoms with van der Waals surface area (Å²) in [6, 6.07) is 9.86. The van der Waals surface area contributed by atoms with Crippen LogP contribution in [0.2, 0.25) is 0 Å². The van der Waals surface area contributed by atoms with Crippen molar-refractivity contribution in [3.8, 4) is 0 Å². The topological polar surface area (TPSA) is 26.3 Å². The zero-order chi connectivity index (χ0) is 19.4. The number of carbonyl (C=O) groups is 1. The Morgan fingerprint density at radius 1 is 0.778 bits per heavy atom. The molecule has 0 aromatic heterocycles. The van der Waals surface area contributed by atoms with Crippen LogP contribution in [0, 0.1) is 0 Å². The molecule has 0 atom stereocenters. The molecular formula is C25H40O2. The Hall–Kier alpha value is -1.57. The average Bonchev–Trinajstić information content (AvgIpc) is 2.70. The van der Waals surface area contributed by atoms with E-state index in [9.17, 15) is 4.79 Å². The molecular weight excluding hydrogens is 332 g/mol. The molecule has 0 radical (unpaired) electrons. The van der Waals surface area contributed by atoms with E-state index < -0.39 is 0 Å². The van der Waals surface area contributed by atoms with Crippen LogP contribution < -0.4 is 0 Å². The highest BCUT2D eigenvalue weighted by Gasteiger charge is 2.03. The molecule has 0 aliphatic heterocycles. The number of unbranched alkanes of at least 4 members (excludes halogenated alkanes) is 11. The van der Waals surface area contributed by atoms with Crippen LogP contribution in [0.25, 0.3) is 0 Å². The van der Waals surface area contributed by atoms with Gasteiger partial charge >= 0.3 is 5.97 Å². The highest BCUT2D eigenvalue weighted by Crippen LogP contribution is 2.10. The van der Waals surface area contributed by atoms with Crippen molar-refractivity contribution in [3.05, 3.63) is 48.0 Å². The Kier molecular flexibility index (Phi) is 15.5. The van der Waals surface area contributed by atoms with Crippen LogP contribution in [-0.4, -0.2) is 5.97 Å². The number of carbonyl (C=O) groups excluding carboxylic acids is 1. The van der Waals surface area contributed by atoms with E-state index in [0.29, 0.717) is 13.0 Å². The number of allylic oxidation sites excluding steroid dienone is 2. The molecule has 0 amide bonds. The zero-order valence-electron chi connectivity index (χ0n) is 17.5. The minimum absolute atomic E-state index is 0.0727. The molecule has 152 valence electrons. The van der Waals surface area contributed by atoms with E-state index >= 15 is 0 Å². The first-order valence-electron chi connectivity index (χ1n) is 11.2. The SMILES string of the molecule is CCCCCCCC/C=C\CCCCCCCC(=O)OCc1ccccc1. The maximum atomic E-state index is 11.7. The molecule has 27 heavy (non-hydrogen) atoms. The largest absolute Gasteiger partial charge is 0.461 e. The van der Waals surface area contributed by atoms with Gasteiger partial charge in [0.05, 0.1) is 0 Å². The van der Waals surface area contributed by atoms with Crippen LogP contribution in [0.4, 0.5) is 0 Å². The Bertz CT molecular complexity index is 478. The van der Waals surface area contributed by atoms with Crippen LogP contribution in [0.5, 0.6) is 0 Å². The fraction of sp³-hybridized carbons (Fsp3) is 0.640. The number of esters is 1. The summed E-state index contributed by atoms with van der Waals surface area (Å²) in [4.78, 5) is 11.7. The second-order valence-electron chi connectivity index (χ2n) is 7.48. The first kappa shape index (κ1) is 23.5. The summed E-state index contributed by atoms with van der Waals surface area (Å²) in [6.45, 7) is 2.66. The van der Waals surface area contributed by atoms with Gasteiger partial charge in [-0.3, -0.25) is 4.79 Å². The normalized spacial score (nSPS) is 11.1. The van der Waals surface area contributed by atoms with Crippen molar-refractivity contribution in [2.45, 2.75) is 103 Å². The van der Waals surface area contributed by atoms with E-state index in [4.69, 9.17) is 4.74 Å². The standard InChI is InChI=1S/C25H40O2/c1-2-3-4-5-6-7-8-9-10-11-12-13-14-15-19-22-25(26)27-23-24-20-17-16-18-21-24/h9-10,16-18,20-21H,2-8,11-15,19,22-23H2,1H3/b10-9-. The molecule has 1 rings (SSSR count). The van der Waals surface area contributed by atoms with E-state index in [2.05, 4.69) is 19.1 Å². The second-order valence-corrected chi connectivity index (χ2v) is 7.48. The number of hydrogen-bond donors (Lipinski definition) is 0. The van der Waals surface area contributed by atoms with Gasteiger partial charge < -0.3 is 4.74 Å². The van der Waals surface area contributed by atoms with Crippen molar-refractivity contribution >= 4 is 5.97 Å². The third kappa shape index (κ3) is 15.2. The van der Waals surface area contributed by atoms with Crippen molar-refractivity contribution in [3.63, 3.8) is 0 Å². The highest BCUT2D eigenvalue weighted by molar-refractivity contribution is 5.69. The summed E-state index contributed by atoms with van der Waals surface area (Å²) in [7, 11) is 0. The summed E-state index contributed by atoms with van der Waals surface area (Å²) in [5.74, 6) is -0.0727. The lowest BCUT2D eigenvalue weighted by molar-refractivity contribution is -0.145. The molecule has 0 heterocycles. The van der Waals surface area contributed by atoms with Gasteiger partial charge in [0.2, 0.25) is 0 Å². The van der Waals surface area contributed by atoms with Crippen LogP contribution >= 0.6 is 0 Å². The van der Waals surface area contributed by atoms with Gasteiger partial charge in [0.25, 0.3) is 0 Å². The Balaban J connectivity index is 1.82. The molecule has 0 fully saturated rings. The molecule has 2 nitrogen and oxygen atoms in total. The smallest absolute Gasteiger partial charge is 0.306 e. The summed E-state index contributed by atoms with van der Waals surface area (Å²) in [5, 5.41) is 0. The van der Waals surface area contributed by atoms with Gasteiger partial charge in [-0.1, -0.05) is 101 Å². The monoisotopic (exact) mass is 372 g/mol. The van der Waals surface area contributed by atoms with Gasteiger partial charge in [-0.15, -0.1) is 0 Å². The molecule has 0 unspecified atom stereocenters. The van der Waals surface area contributed by atoms with Crippen LogP contribution in [0.3, 0.4) is 0 Å². The summed E-state index contributed by atoms with van der Waals surface area (Å²) in [5.41, 5.74) is 1.05. The quantitative estimate of drug-likeness (QED) is 0.159. The van der Waals surface area contributed by atoms with Crippen molar-refractivity contribution in [2.24, 2.45) is 0 Å². The lowest BCUT2D eigenvalue weighted by Crippen LogP contribution is -2.04. The molecule has 0 bridgehead atoms. The number of ether oxygens (including phenoxy) is 1. The Morgan fingerprint density at radius 3 is 1.96 bits per heavy atom. The van der Waals surface area contributed by atoms with Gasteiger partial charge in [-0.2, -0.15) is 0 Å². The predicted octanol–water partition coefficient (Wildman–Crippen LogP) is 7.77. The molecule has 0 aliphatic rings. The van der Waals surface area contributed by atoms with Gasteiger partial charge in [0.15, 0.2) is 0 Å². The fourth-order valence-electron chi connectivity index (χ4n) is 3.15. The summed E-state index contributed by atoms with van der Waals surface area (Å²) in [6.07, 6.45) is 21.8. The lowest BCUT2D eigenvalue weighted by Gasteiger charge is -2.05. The molecule has 2 heteroatoms. The van der Waals surface area contributed by atoms with Gasteiger partial charge in [-0.05, 0) is 37.7 Å². The summed E-state index contributed by atoms with van der Waals surface area (Å²) < 4.78 is 5.30. The first-order valence-corrected chi connectivity index (χ1v) is 11.2. The van der Waals surface area contributed by atoms with Gasteiger partial charge in [0.1, 0.15) is 6.61 Å². The molecule has 0 N–H and O–H groups in total. The average molecular weight is 373 g/mol. The van der Waals surface area contributed by atoms with E-state index in [-0.39, 0.29) is 5.97 Å². The Morgan fingerprint density at radius 2 is 1.33 bits per heavy atom. The molecule has 0 saturated carbocycles. The highest BCUT2D eigenvalue weighted by atomic mass is 16.5. The van der Waals surface area contributed by atoms with Crippen molar-refractivity contribution in [1.82, 2.24) is 0 Å². The fourth-order valence-corrected chi connectivity index (χ4v) is 3.15. The van der Waals surface area contributed by atoms with E-state index in [1.54, 1.807) is 0 Å². The maximum Gasteiger partial charge on any atom is 0.306 e. The van der Waals surface area contributed by atoms with E-state index in [1.165, 1.54) is 70.6 Å². The van der Waals surface area contributed by atoms with Crippen molar-refractivity contribution < 1.29 is 9.53 Å². The summed E-state index contributed by atoms with van der Waals surface area (Å²) >= 11 is 0. The number of benzene rings is 1. The zero-order valence-corrected chi connectivity index (χ0v) is 17.5. The first-order chi connectivity index (χ1) is 13.3. The van der Waals surface area contributed by atoms with Gasteiger partial charge in [-0.25, -0.2) is 0 Å². The molecule has 1 aromatic carbocycles. The van der Waals surface area contributed by atoms with Crippen LogP contribution in [0.1, 0.15) is 102 Å². The third-order valence-corrected chi connectivity index (χ3v) is 4.89. The molecule has 0 aliphatic carbocycles. The molecule has 0 saturated heterocycles. The predicted molar refractivity (Wildman–Crippen MR) is 116 cm³/mol. The Labute approximate surface area is 167 Å². The number of rotatable bonds is 17. The number of hydrogen-bond acceptors (Lipinski definition) is 2. The van der Waals surface area contributed by atoms with E-state index in [1.807, 2.05) is 30.3 Å². The van der Waals surface area contributed by atoms with Crippen molar-refractivity contribution in [1.29, 1.82) is 0 Å². The van der Waals surface area contributed by atoms with E-state index in [0.717, 1.165) is 18.4 Å². The third-order valence-electron chi connectivity index (χ3n) is 4.89. The van der Waals surface area contributed by atoms with Crippen molar-refractivity contribution in [2.75, 3.05) is 0 Å². The van der Waals surface area contributed by atoms with Crippen LogP contribution in [-0.2, 0) is 16.1 Å².